The van der Waals surface area contributed by atoms with Crippen LogP contribution in [0, 0.1) is 22.0 Å². The van der Waals surface area contributed by atoms with E-state index in [0.29, 0.717) is 0 Å². The van der Waals surface area contributed by atoms with Gasteiger partial charge in [-0.05, 0) is 0 Å². The molecule has 1 rings (SSSR count). The van der Waals surface area contributed by atoms with E-state index in [9.17, 15) is 14.9 Å². The molecule has 0 fully saturated rings. The summed E-state index contributed by atoms with van der Waals surface area (Å²) in [7, 11) is 0. The molecule has 0 aromatic carbocycles. The lowest BCUT2D eigenvalue weighted by Gasteiger charge is -2.16. The maximum Gasteiger partial charge on any atom is 0.311 e. The van der Waals surface area contributed by atoms with Crippen LogP contribution in [0.25, 0.3) is 0 Å². The van der Waals surface area contributed by atoms with Gasteiger partial charge in [0, 0.05) is 6.08 Å². The van der Waals surface area contributed by atoms with E-state index >= 15 is 0 Å². The van der Waals surface area contributed by atoms with Crippen LogP contribution >= 0.6 is 0 Å². The minimum Gasteiger partial charge on any atom is -0.481 e. The second kappa shape index (κ2) is 3.38. The molecular formula is C8H9NO4. The molecule has 0 aliphatic heterocycles. The first-order valence-corrected chi connectivity index (χ1v) is 3.79. The van der Waals surface area contributed by atoms with E-state index in [1.54, 1.807) is 0 Å². The summed E-state index contributed by atoms with van der Waals surface area (Å²) in [4.78, 5) is 20.5. The average molecular weight is 183 g/mol. The SMILES string of the molecule is CC1C([N+](=O)[O-])=CC=CC1C(=O)O. The zero-order valence-electron chi connectivity index (χ0n) is 7.01. The lowest BCUT2D eigenvalue weighted by molar-refractivity contribution is -0.434. The average Bonchev–Trinajstić information content (AvgIpc) is 2.03. The zero-order chi connectivity index (χ0) is 10.0. The smallest absolute Gasteiger partial charge is 0.311 e. The van der Waals surface area contributed by atoms with Gasteiger partial charge in [0.05, 0.1) is 16.8 Å². The van der Waals surface area contributed by atoms with Gasteiger partial charge in [-0.15, -0.1) is 0 Å². The number of nitro groups is 1. The van der Waals surface area contributed by atoms with Gasteiger partial charge < -0.3 is 5.11 Å². The lowest BCUT2D eigenvalue weighted by Crippen LogP contribution is -2.25. The third-order valence-electron chi connectivity index (χ3n) is 2.09. The first-order chi connectivity index (χ1) is 6.04. The van der Waals surface area contributed by atoms with Gasteiger partial charge in [-0.25, -0.2) is 0 Å². The van der Waals surface area contributed by atoms with Crippen LogP contribution in [0.2, 0.25) is 0 Å². The summed E-state index contributed by atoms with van der Waals surface area (Å²) >= 11 is 0. The summed E-state index contributed by atoms with van der Waals surface area (Å²) in [5, 5.41) is 19.2. The van der Waals surface area contributed by atoms with Crippen LogP contribution in [-0.2, 0) is 4.79 Å². The Morgan fingerprint density at radius 1 is 1.69 bits per heavy atom. The third kappa shape index (κ3) is 1.74. The van der Waals surface area contributed by atoms with Crippen molar-refractivity contribution in [3.8, 4) is 0 Å². The molecule has 0 radical (unpaired) electrons. The van der Waals surface area contributed by atoms with Gasteiger partial charge in [0.15, 0.2) is 0 Å². The number of carboxylic acids is 1. The third-order valence-corrected chi connectivity index (χ3v) is 2.09. The molecule has 0 bridgehead atoms. The van der Waals surface area contributed by atoms with Crippen LogP contribution in [0.3, 0.4) is 0 Å². The van der Waals surface area contributed by atoms with E-state index in [0.717, 1.165) is 0 Å². The molecule has 0 amide bonds. The van der Waals surface area contributed by atoms with Gasteiger partial charge in [0.1, 0.15) is 0 Å². The first-order valence-electron chi connectivity index (χ1n) is 3.79. The molecule has 0 aromatic heterocycles. The predicted molar refractivity (Wildman–Crippen MR) is 44.5 cm³/mol. The van der Waals surface area contributed by atoms with E-state index in [4.69, 9.17) is 5.11 Å². The van der Waals surface area contributed by atoms with Crippen LogP contribution in [-0.4, -0.2) is 16.0 Å². The molecule has 1 aliphatic rings. The van der Waals surface area contributed by atoms with E-state index < -0.39 is 22.7 Å². The van der Waals surface area contributed by atoms with Crippen molar-refractivity contribution in [2.75, 3.05) is 0 Å². The monoisotopic (exact) mass is 183 g/mol. The number of carbonyl (C=O) groups is 1. The van der Waals surface area contributed by atoms with Crippen molar-refractivity contribution < 1.29 is 14.8 Å². The Kier molecular flexibility index (Phi) is 2.46. The molecule has 0 saturated carbocycles. The molecule has 1 aliphatic carbocycles. The quantitative estimate of drug-likeness (QED) is 0.512. The van der Waals surface area contributed by atoms with Crippen LogP contribution < -0.4 is 0 Å². The fourth-order valence-electron chi connectivity index (χ4n) is 1.30. The molecule has 0 heterocycles. The van der Waals surface area contributed by atoms with Gasteiger partial charge in [-0.3, -0.25) is 14.9 Å². The molecule has 0 saturated heterocycles. The van der Waals surface area contributed by atoms with Crippen molar-refractivity contribution in [2.24, 2.45) is 11.8 Å². The first kappa shape index (κ1) is 9.44. The number of hydrogen-bond donors (Lipinski definition) is 1. The molecule has 2 unspecified atom stereocenters. The summed E-state index contributed by atoms with van der Waals surface area (Å²) in [5.41, 5.74) is -0.0464. The predicted octanol–water partition coefficient (Wildman–Crippen LogP) is 1.05. The topological polar surface area (TPSA) is 80.4 Å². The molecule has 5 heteroatoms. The maximum absolute atomic E-state index is 10.6. The number of aliphatic carboxylic acids is 1. The van der Waals surface area contributed by atoms with Crippen LogP contribution in [0.15, 0.2) is 23.9 Å². The Labute approximate surface area is 74.5 Å². The van der Waals surface area contributed by atoms with Crippen LogP contribution in [0.5, 0.6) is 0 Å². The maximum atomic E-state index is 10.6. The highest BCUT2D eigenvalue weighted by Gasteiger charge is 2.33. The van der Waals surface area contributed by atoms with Gasteiger partial charge in [-0.2, -0.15) is 0 Å². The number of nitrogens with zero attached hydrogens (tertiary/aromatic N) is 1. The van der Waals surface area contributed by atoms with Crippen molar-refractivity contribution in [3.63, 3.8) is 0 Å². The Morgan fingerprint density at radius 2 is 2.31 bits per heavy atom. The minimum atomic E-state index is -1.03. The number of carboxylic acid groups (broad SMARTS) is 1. The Balaban J connectivity index is 2.93. The van der Waals surface area contributed by atoms with Gasteiger partial charge >= 0.3 is 5.97 Å². The van der Waals surface area contributed by atoms with Crippen molar-refractivity contribution in [1.82, 2.24) is 0 Å². The largest absolute Gasteiger partial charge is 0.481 e. The molecule has 2 atom stereocenters. The summed E-state index contributed by atoms with van der Waals surface area (Å²) < 4.78 is 0. The minimum absolute atomic E-state index is 0.0464. The highest BCUT2D eigenvalue weighted by molar-refractivity contribution is 5.73. The Hall–Kier alpha value is -1.65. The number of allylic oxidation sites excluding steroid dienone is 3. The summed E-state index contributed by atoms with van der Waals surface area (Å²) in [5.74, 6) is -2.39. The fourth-order valence-corrected chi connectivity index (χ4v) is 1.30. The van der Waals surface area contributed by atoms with Crippen LogP contribution in [0.4, 0.5) is 0 Å². The Bertz CT molecular complexity index is 305. The van der Waals surface area contributed by atoms with Gasteiger partial charge in [0.25, 0.3) is 0 Å². The summed E-state index contributed by atoms with van der Waals surface area (Å²) in [6.45, 7) is 1.54. The van der Waals surface area contributed by atoms with E-state index in [1.165, 1.54) is 25.2 Å². The second-order valence-corrected chi connectivity index (χ2v) is 2.89. The normalized spacial score (nSPS) is 26.7. The molecule has 13 heavy (non-hydrogen) atoms. The van der Waals surface area contributed by atoms with E-state index in [1.807, 2.05) is 0 Å². The molecule has 70 valence electrons. The summed E-state index contributed by atoms with van der Waals surface area (Å²) in [6.07, 6.45) is 4.21. The fraction of sp³-hybridized carbons (Fsp3) is 0.375. The molecule has 0 spiro atoms. The molecular weight excluding hydrogens is 174 g/mol. The van der Waals surface area contributed by atoms with Gasteiger partial charge in [0.2, 0.25) is 5.70 Å². The molecule has 5 nitrogen and oxygen atoms in total. The highest BCUT2D eigenvalue weighted by atomic mass is 16.6. The van der Waals surface area contributed by atoms with Gasteiger partial charge in [-0.1, -0.05) is 19.1 Å². The molecule has 0 aromatic rings. The molecule has 1 N–H and O–H groups in total. The number of hydrogen-bond acceptors (Lipinski definition) is 3. The summed E-state index contributed by atoms with van der Waals surface area (Å²) in [6, 6.07) is 0. The Morgan fingerprint density at radius 3 is 2.77 bits per heavy atom. The zero-order valence-corrected chi connectivity index (χ0v) is 7.01. The van der Waals surface area contributed by atoms with Crippen molar-refractivity contribution >= 4 is 5.97 Å². The van der Waals surface area contributed by atoms with Crippen molar-refractivity contribution in [2.45, 2.75) is 6.92 Å². The van der Waals surface area contributed by atoms with E-state index in [-0.39, 0.29) is 5.70 Å². The second-order valence-electron chi connectivity index (χ2n) is 2.89. The van der Waals surface area contributed by atoms with Crippen molar-refractivity contribution in [1.29, 1.82) is 0 Å². The van der Waals surface area contributed by atoms with Crippen molar-refractivity contribution in [3.05, 3.63) is 34.0 Å². The standard InChI is InChI=1S/C8H9NO4/c1-5-6(8(10)11)3-2-4-7(5)9(12)13/h2-6H,1H3,(H,10,11). The number of rotatable bonds is 2. The lowest BCUT2D eigenvalue weighted by atomic mass is 9.87. The highest BCUT2D eigenvalue weighted by Crippen LogP contribution is 2.26. The van der Waals surface area contributed by atoms with E-state index in [2.05, 4.69) is 0 Å². The van der Waals surface area contributed by atoms with Crippen LogP contribution in [0.1, 0.15) is 6.92 Å².